The third-order valence-electron chi connectivity index (χ3n) is 2.51. The van der Waals surface area contributed by atoms with Crippen LogP contribution in [0.4, 0.5) is 5.69 Å². The molecule has 0 saturated carbocycles. The smallest absolute Gasteiger partial charge is 0.264 e. The molecule has 5 heteroatoms. The molecule has 1 aliphatic heterocycles. The minimum atomic E-state index is -0.0691. The molecule has 0 bridgehead atoms. The molecule has 1 aromatic rings. The van der Waals surface area contributed by atoms with E-state index in [1.807, 2.05) is 18.4 Å². The molecule has 16 heavy (non-hydrogen) atoms. The Balaban J connectivity index is 2.44. The van der Waals surface area contributed by atoms with E-state index in [-0.39, 0.29) is 12.5 Å². The van der Waals surface area contributed by atoms with Crippen LogP contribution < -0.4 is 9.64 Å². The van der Waals surface area contributed by atoms with Crippen LogP contribution in [0.5, 0.6) is 5.75 Å². The normalized spacial score (nSPS) is 14.4. The second-order valence-corrected chi connectivity index (χ2v) is 4.27. The lowest BCUT2D eigenvalue weighted by Gasteiger charge is -2.26. The van der Waals surface area contributed by atoms with Crippen molar-refractivity contribution in [2.45, 2.75) is 0 Å². The van der Waals surface area contributed by atoms with Gasteiger partial charge in [-0.05, 0) is 24.5 Å². The van der Waals surface area contributed by atoms with Crippen LogP contribution in [0.1, 0.15) is 5.56 Å². The van der Waals surface area contributed by atoms with E-state index in [1.54, 1.807) is 18.0 Å². The number of benzene rings is 1. The second kappa shape index (κ2) is 4.17. The summed E-state index contributed by atoms with van der Waals surface area (Å²) in [6.07, 6.45) is 1.85. The third-order valence-corrected chi connectivity index (χ3v) is 3.16. The number of hydrogen-bond donors (Lipinski definition) is 1. The number of hydrogen-bond acceptors (Lipinski definition) is 4. The highest BCUT2D eigenvalue weighted by molar-refractivity contribution is 8.13. The summed E-state index contributed by atoms with van der Waals surface area (Å²) >= 11 is 1.37. The van der Waals surface area contributed by atoms with Crippen molar-refractivity contribution in [3.63, 3.8) is 0 Å². The average molecular weight is 236 g/mol. The van der Waals surface area contributed by atoms with Crippen molar-refractivity contribution in [3.05, 3.63) is 23.8 Å². The first-order valence-electron chi connectivity index (χ1n) is 4.80. The molecule has 0 unspecified atom stereocenters. The van der Waals surface area contributed by atoms with Crippen LogP contribution in [0.3, 0.4) is 0 Å². The minimum Gasteiger partial charge on any atom is -0.482 e. The number of likely N-dealkylation sites (N-methyl/N-ethyl adjacent to an activating group) is 1. The Hall–Kier alpha value is -1.49. The van der Waals surface area contributed by atoms with E-state index in [1.165, 1.54) is 11.8 Å². The number of nitrogens with one attached hydrogen (secondary N) is 1. The van der Waals surface area contributed by atoms with Crippen molar-refractivity contribution in [2.24, 2.45) is 0 Å². The fraction of sp³-hybridized carbons (Fsp3) is 0.273. The first-order chi connectivity index (χ1) is 7.63. The molecule has 0 spiro atoms. The Morgan fingerprint density at radius 3 is 3.00 bits per heavy atom. The fourth-order valence-corrected chi connectivity index (χ4v) is 1.89. The first kappa shape index (κ1) is 11.0. The van der Waals surface area contributed by atoms with Gasteiger partial charge in [-0.3, -0.25) is 10.2 Å². The van der Waals surface area contributed by atoms with Crippen LogP contribution in [0.2, 0.25) is 0 Å². The summed E-state index contributed by atoms with van der Waals surface area (Å²) in [5.41, 5.74) is 1.53. The SMILES string of the molecule is CSC(=N)c1ccc2c(c1)N(C)C(=O)CO2. The van der Waals surface area contributed by atoms with Crippen LogP contribution in [-0.2, 0) is 4.79 Å². The van der Waals surface area contributed by atoms with Gasteiger partial charge >= 0.3 is 0 Å². The van der Waals surface area contributed by atoms with Crippen molar-refractivity contribution in [1.29, 1.82) is 5.41 Å². The molecular weight excluding hydrogens is 224 g/mol. The molecule has 1 aromatic carbocycles. The molecular formula is C11H12N2O2S. The molecule has 0 aliphatic carbocycles. The van der Waals surface area contributed by atoms with Gasteiger partial charge in [0.15, 0.2) is 6.61 Å². The van der Waals surface area contributed by atoms with Gasteiger partial charge in [-0.15, -0.1) is 11.8 Å². The van der Waals surface area contributed by atoms with Crippen molar-refractivity contribution in [2.75, 3.05) is 24.8 Å². The lowest BCUT2D eigenvalue weighted by atomic mass is 10.1. The zero-order valence-corrected chi connectivity index (χ0v) is 9.93. The molecule has 0 aromatic heterocycles. The fourth-order valence-electron chi connectivity index (χ4n) is 1.53. The molecule has 4 nitrogen and oxygen atoms in total. The van der Waals surface area contributed by atoms with E-state index in [0.29, 0.717) is 10.8 Å². The number of carbonyl (C=O) groups excluding carboxylic acids is 1. The van der Waals surface area contributed by atoms with E-state index in [4.69, 9.17) is 10.1 Å². The monoisotopic (exact) mass is 236 g/mol. The zero-order chi connectivity index (χ0) is 11.7. The summed E-state index contributed by atoms with van der Waals surface area (Å²) in [4.78, 5) is 13.0. The Bertz CT molecular complexity index is 459. The molecule has 2 rings (SSSR count). The number of nitrogens with zero attached hydrogens (tertiary/aromatic N) is 1. The Labute approximate surface area is 98.1 Å². The summed E-state index contributed by atoms with van der Waals surface area (Å²) < 4.78 is 5.31. The van der Waals surface area contributed by atoms with Gasteiger partial charge in [0.25, 0.3) is 5.91 Å². The molecule has 1 amide bonds. The molecule has 0 saturated heterocycles. The number of anilines is 1. The predicted molar refractivity (Wildman–Crippen MR) is 65.7 cm³/mol. The number of amides is 1. The van der Waals surface area contributed by atoms with Crippen molar-refractivity contribution < 1.29 is 9.53 Å². The van der Waals surface area contributed by atoms with Gasteiger partial charge < -0.3 is 9.64 Å². The second-order valence-electron chi connectivity index (χ2n) is 3.46. The quantitative estimate of drug-likeness (QED) is 0.597. The average Bonchev–Trinajstić information content (AvgIpc) is 2.32. The highest BCUT2D eigenvalue weighted by atomic mass is 32.2. The maximum absolute atomic E-state index is 11.4. The van der Waals surface area contributed by atoms with Gasteiger partial charge in [-0.2, -0.15) is 0 Å². The molecule has 1 N–H and O–H groups in total. The summed E-state index contributed by atoms with van der Waals surface area (Å²) in [5.74, 6) is 0.625. The Morgan fingerprint density at radius 1 is 1.56 bits per heavy atom. The van der Waals surface area contributed by atoms with Crippen molar-refractivity contribution in [3.8, 4) is 5.75 Å². The van der Waals surface area contributed by atoms with Crippen LogP contribution in [0, 0.1) is 5.41 Å². The zero-order valence-electron chi connectivity index (χ0n) is 9.11. The van der Waals surface area contributed by atoms with E-state index in [9.17, 15) is 4.79 Å². The van der Waals surface area contributed by atoms with E-state index in [0.717, 1.165) is 11.3 Å². The standard InChI is InChI=1S/C11H12N2O2S/c1-13-8-5-7(11(12)16-2)3-4-9(8)15-6-10(13)14/h3-5,12H,6H2,1-2H3. The lowest BCUT2D eigenvalue weighted by molar-refractivity contribution is -0.120. The largest absolute Gasteiger partial charge is 0.482 e. The van der Waals surface area contributed by atoms with Crippen LogP contribution in [0.15, 0.2) is 18.2 Å². The lowest BCUT2D eigenvalue weighted by Crippen LogP contribution is -2.35. The molecule has 84 valence electrons. The van der Waals surface area contributed by atoms with E-state index < -0.39 is 0 Å². The third kappa shape index (κ3) is 1.78. The molecule has 0 fully saturated rings. The number of fused-ring (bicyclic) bond motifs is 1. The highest BCUT2D eigenvalue weighted by Gasteiger charge is 2.22. The molecule has 0 radical (unpaired) electrons. The van der Waals surface area contributed by atoms with Gasteiger partial charge in [0.05, 0.1) is 10.7 Å². The summed E-state index contributed by atoms with van der Waals surface area (Å²) in [6, 6.07) is 5.45. The van der Waals surface area contributed by atoms with Gasteiger partial charge in [0.1, 0.15) is 5.75 Å². The van der Waals surface area contributed by atoms with Crippen molar-refractivity contribution in [1.82, 2.24) is 0 Å². The van der Waals surface area contributed by atoms with Gasteiger partial charge in [-0.25, -0.2) is 0 Å². The molecule has 0 atom stereocenters. The maximum Gasteiger partial charge on any atom is 0.264 e. The predicted octanol–water partition coefficient (Wildman–Crippen LogP) is 1.73. The minimum absolute atomic E-state index is 0.0691. The van der Waals surface area contributed by atoms with E-state index in [2.05, 4.69) is 0 Å². The molecule has 1 aliphatic rings. The first-order valence-corrected chi connectivity index (χ1v) is 6.02. The number of carbonyl (C=O) groups is 1. The van der Waals surface area contributed by atoms with Crippen LogP contribution >= 0.6 is 11.8 Å². The van der Waals surface area contributed by atoms with Gasteiger partial charge in [-0.1, -0.05) is 0 Å². The van der Waals surface area contributed by atoms with Gasteiger partial charge in [0, 0.05) is 12.6 Å². The number of rotatable bonds is 1. The van der Waals surface area contributed by atoms with Crippen LogP contribution in [-0.4, -0.2) is 30.9 Å². The van der Waals surface area contributed by atoms with Crippen LogP contribution in [0.25, 0.3) is 0 Å². The maximum atomic E-state index is 11.4. The number of ether oxygens (including phenoxy) is 1. The summed E-state index contributed by atoms with van der Waals surface area (Å²) in [5, 5.41) is 8.21. The van der Waals surface area contributed by atoms with E-state index >= 15 is 0 Å². The van der Waals surface area contributed by atoms with Gasteiger partial charge in [0.2, 0.25) is 0 Å². The van der Waals surface area contributed by atoms with Crippen molar-refractivity contribution >= 4 is 28.4 Å². The number of thioether (sulfide) groups is 1. The topological polar surface area (TPSA) is 53.4 Å². The highest BCUT2D eigenvalue weighted by Crippen LogP contribution is 2.32. The Morgan fingerprint density at radius 2 is 2.31 bits per heavy atom. The Kier molecular flexibility index (Phi) is 2.87. The summed E-state index contributed by atoms with van der Waals surface area (Å²) in [6.45, 7) is 0.0861. The molecule has 1 heterocycles. The summed E-state index contributed by atoms with van der Waals surface area (Å²) in [7, 11) is 1.72.